The fourth-order valence-electron chi connectivity index (χ4n) is 1.29. The Morgan fingerprint density at radius 3 is 2.69 bits per heavy atom. The van der Waals surface area contributed by atoms with Crippen molar-refractivity contribution < 1.29 is 0 Å². The molecule has 2 nitrogen and oxygen atoms in total. The molecule has 0 atom stereocenters. The molecule has 72 valence electrons. The summed E-state index contributed by atoms with van der Waals surface area (Å²) in [5, 5.41) is 0. The van der Waals surface area contributed by atoms with Crippen molar-refractivity contribution in [3.05, 3.63) is 29.6 Å². The maximum atomic E-state index is 5.68. The molecule has 0 aliphatic rings. The van der Waals surface area contributed by atoms with E-state index in [4.69, 9.17) is 5.73 Å². The minimum Gasteiger partial charge on any atom is -0.330 e. The molecule has 13 heavy (non-hydrogen) atoms. The molecule has 1 aromatic heterocycles. The smallest absolute Gasteiger partial charge is 0.0404 e. The van der Waals surface area contributed by atoms with Crippen LogP contribution in [0.5, 0.6) is 0 Å². The SMILES string of the molecule is Cc1ncccc1CC(C)(C)CN. The second kappa shape index (κ2) is 3.88. The van der Waals surface area contributed by atoms with Crippen molar-refractivity contribution in [2.24, 2.45) is 11.1 Å². The van der Waals surface area contributed by atoms with Gasteiger partial charge in [-0.3, -0.25) is 4.98 Å². The van der Waals surface area contributed by atoms with Crippen LogP contribution < -0.4 is 5.73 Å². The number of pyridine rings is 1. The largest absolute Gasteiger partial charge is 0.330 e. The summed E-state index contributed by atoms with van der Waals surface area (Å²) >= 11 is 0. The number of hydrogen-bond donors (Lipinski definition) is 1. The second-order valence-corrected chi connectivity index (χ2v) is 4.29. The lowest BCUT2D eigenvalue weighted by Gasteiger charge is -2.22. The average molecular weight is 178 g/mol. The van der Waals surface area contributed by atoms with Gasteiger partial charge in [-0.15, -0.1) is 0 Å². The van der Waals surface area contributed by atoms with Gasteiger partial charge < -0.3 is 5.73 Å². The number of rotatable bonds is 3. The first-order valence-electron chi connectivity index (χ1n) is 4.66. The maximum absolute atomic E-state index is 5.68. The van der Waals surface area contributed by atoms with Gasteiger partial charge in [0, 0.05) is 11.9 Å². The topological polar surface area (TPSA) is 38.9 Å². The van der Waals surface area contributed by atoms with Crippen molar-refractivity contribution in [2.75, 3.05) is 6.54 Å². The molecule has 0 aromatic carbocycles. The molecule has 0 amide bonds. The van der Waals surface area contributed by atoms with Gasteiger partial charge in [0.25, 0.3) is 0 Å². The Hall–Kier alpha value is -0.890. The zero-order valence-electron chi connectivity index (χ0n) is 8.67. The molecular formula is C11H18N2. The summed E-state index contributed by atoms with van der Waals surface area (Å²) in [4.78, 5) is 4.26. The Balaban J connectivity index is 2.80. The summed E-state index contributed by atoms with van der Waals surface area (Å²) in [7, 11) is 0. The Morgan fingerprint density at radius 2 is 2.15 bits per heavy atom. The third-order valence-corrected chi connectivity index (χ3v) is 2.34. The van der Waals surface area contributed by atoms with E-state index in [1.165, 1.54) is 5.56 Å². The van der Waals surface area contributed by atoms with E-state index in [1.807, 2.05) is 19.2 Å². The van der Waals surface area contributed by atoms with Crippen molar-refractivity contribution >= 4 is 0 Å². The molecule has 0 fully saturated rings. The monoisotopic (exact) mass is 178 g/mol. The molecule has 0 bridgehead atoms. The van der Waals surface area contributed by atoms with Crippen molar-refractivity contribution in [1.82, 2.24) is 4.98 Å². The first kappa shape index (κ1) is 10.2. The second-order valence-electron chi connectivity index (χ2n) is 4.29. The van der Waals surface area contributed by atoms with E-state index in [-0.39, 0.29) is 5.41 Å². The molecule has 0 saturated carbocycles. The van der Waals surface area contributed by atoms with E-state index < -0.39 is 0 Å². The highest BCUT2D eigenvalue weighted by atomic mass is 14.7. The van der Waals surface area contributed by atoms with Crippen LogP contribution in [0.15, 0.2) is 18.3 Å². The predicted molar refractivity (Wildman–Crippen MR) is 55.5 cm³/mol. The molecule has 0 spiro atoms. The van der Waals surface area contributed by atoms with E-state index >= 15 is 0 Å². The van der Waals surface area contributed by atoms with Gasteiger partial charge >= 0.3 is 0 Å². The maximum Gasteiger partial charge on any atom is 0.0404 e. The summed E-state index contributed by atoms with van der Waals surface area (Å²) < 4.78 is 0. The van der Waals surface area contributed by atoms with E-state index in [2.05, 4.69) is 24.9 Å². The van der Waals surface area contributed by atoms with Crippen LogP contribution in [0.4, 0.5) is 0 Å². The van der Waals surface area contributed by atoms with Gasteiger partial charge in [0.1, 0.15) is 0 Å². The Bertz CT molecular complexity index is 279. The summed E-state index contributed by atoms with van der Waals surface area (Å²) in [5.74, 6) is 0. The fourth-order valence-corrected chi connectivity index (χ4v) is 1.29. The van der Waals surface area contributed by atoms with Crippen LogP contribution in [0.2, 0.25) is 0 Å². The van der Waals surface area contributed by atoms with E-state index in [0.29, 0.717) is 6.54 Å². The zero-order valence-corrected chi connectivity index (χ0v) is 8.67. The van der Waals surface area contributed by atoms with Crippen LogP contribution in [0.3, 0.4) is 0 Å². The van der Waals surface area contributed by atoms with E-state index in [9.17, 15) is 0 Å². The average Bonchev–Trinajstić information content (AvgIpc) is 2.09. The van der Waals surface area contributed by atoms with Crippen LogP contribution in [-0.2, 0) is 6.42 Å². The lowest BCUT2D eigenvalue weighted by atomic mass is 9.85. The van der Waals surface area contributed by atoms with E-state index in [1.54, 1.807) is 0 Å². The molecule has 0 aliphatic heterocycles. The molecule has 0 radical (unpaired) electrons. The quantitative estimate of drug-likeness (QED) is 0.768. The van der Waals surface area contributed by atoms with Crippen molar-refractivity contribution in [2.45, 2.75) is 27.2 Å². The van der Waals surface area contributed by atoms with Gasteiger partial charge in [0.2, 0.25) is 0 Å². The summed E-state index contributed by atoms with van der Waals surface area (Å²) in [6, 6.07) is 4.11. The highest BCUT2D eigenvalue weighted by Gasteiger charge is 2.17. The van der Waals surface area contributed by atoms with Crippen LogP contribution in [0.25, 0.3) is 0 Å². The van der Waals surface area contributed by atoms with Crippen molar-refractivity contribution in [3.63, 3.8) is 0 Å². The van der Waals surface area contributed by atoms with Gasteiger partial charge in [-0.1, -0.05) is 19.9 Å². The van der Waals surface area contributed by atoms with Gasteiger partial charge in [0.15, 0.2) is 0 Å². The molecule has 1 heterocycles. The van der Waals surface area contributed by atoms with Crippen molar-refractivity contribution in [1.29, 1.82) is 0 Å². The lowest BCUT2D eigenvalue weighted by Crippen LogP contribution is -2.26. The van der Waals surface area contributed by atoms with Gasteiger partial charge in [-0.2, -0.15) is 0 Å². The molecule has 1 rings (SSSR count). The molecule has 1 aromatic rings. The van der Waals surface area contributed by atoms with Gasteiger partial charge in [-0.25, -0.2) is 0 Å². The molecule has 0 saturated heterocycles. The number of nitrogens with zero attached hydrogens (tertiary/aromatic N) is 1. The van der Waals surface area contributed by atoms with Crippen LogP contribution in [0, 0.1) is 12.3 Å². The minimum absolute atomic E-state index is 0.174. The number of hydrogen-bond acceptors (Lipinski definition) is 2. The minimum atomic E-state index is 0.174. The lowest BCUT2D eigenvalue weighted by molar-refractivity contribution is 0.375. The third-order valence-electron chi connectivity index (χ3n) is 2.34. The predicted octanol–water partition coefficient (Wildman–Crippen LogP) is 1.92. The van der Waals surface area contributed by atoms with Gasteiger partial charge in [0.05, 0.1) is 0 Å². The molecular weight excluding hydrogens is 160 g/mol. The summed E-state index contributed by atoms with van der Waals surface area (Å²) in [6.07, 6.45) is 2.83. The molecule has 0 unspecified atom stereocenters. The molecule has 2 N–H and O–H groups in total. The normalized spacial score (nSPS) is 11.7. The van der Waals surface area contributed by atoms with Gasteiger partial charge in [-0.05, 0) is 36.9 Å². The standard InChI is InChI=1S/C11H18N2/c1-9-10(5-4-6-13-9)7-11(2,3)8-12/h4-6H,7-8,12H2,1-3H3. The fraction of sp³-hybridized carbons (Fsp3) is 0.545. The molecule has 0 aliphatic carbocycles. The number of aromatic nitrogens is 1. The highest BCUT2D eigenvalue weighted by Crippen LogP contribution is 2.21. The van der Waals surface area contributed by atoms with Crippen LogP contribution in [-0.4, -0.2) is 11.5 Å². The highest BCUT2D eigenvalue weighted by molar-refractivity contribution is 5.19. The summed E-state index contributed by atoms with van der Waals surface area (Å²) in [5.41, 5.74) is 8.28. The zero-order chi connectivity index (χ0) is 9.90. The number of nitrogens with two attached hydrogens (primary N) is 1. The van der Waals surface area contributed by atoms with Crippen LogP contribution in [0.1, 0.15) is 25.1 Å². The van der Waals surface area contributed by atoms with Crippen LogP contribution >= 0.6 is 0 Å². The number of aryl methyl sites for hydroxylation is 1. The van der Waals surface area contributed by atoms with Crippen molar-refractivity contribution in [3.8, 4) is 0 Å². The van der Waals surface area contributed by atoms with E-state index in [0.717, 1.165) is 12.1 Å². The Morgan fingerprint density at radius 1 is 1.46 bits per heavy atom. The third kappa shape index (κ3) is 2.81. The Kier molecular flexibility index (Phi) is 3.04. The first-order valence-corrected chi connectivity index (χ1v) is 4.66. The molecule has 2 heteroatoms. The first-order chi connectivity index (χ1) is 6.05. The Labute approximate surface area is 80.2 Å². The summed E-state index contributed by atoms with van der Waals surface area (Å²) in [6.45, 7) is 7.11.